The van der Waals surface area contributed by atoms with Gasteiger partial charge in [-0.05, 0) is 103 Å². The van der Waals surface area contributed by atoms with Crippen LogP contribution in [0.15, 0.2) is 215 Å². The monoisotopic (exact) mass is 729 g/mol. The lowest BCUT2D eigenvalue weighted by Gasteiger charge is -2.24. The van der Waals surface area contributed by atoms with Crippen molar-refractivity contribution in [2.24, 2.45) is 9.98 Å². The van der Waals surface area contributed by atoms with E-state index in [1.807, 2.05) is 6.07 Å². The molecule has 0 radical (unpaired) electrons. The van der Waals surface area contributed by atoms with Gasteiger partial charge in [-0.15, -0.1) is 0 Å². The number of furan rings is 1. The lowest BCUT2D eigenvalue weighted by atomic mass is 9.94. The van der Waals surface area contributed by atoms with Gasteiger partial charge in [0.2, 0.25) is 0 Å². The van der Waals surface area contributed by atoms with E-state index < -0.39 is 6.17 Å². The Bertz CT molecular complexity index is 3140. The Labute approximate surface area is 330 Å². The molecular formula is C53H35N3O. The number of rotatable bonds is 6. The minimum atomic E-state index is -0.577. The fourth-order valence-electron chi connectivity index (χ4n) is 8.20. The maximum Gasteiger partial charge on any atom is 0.170 e. The number of aliphatic imine (C=N–C) groups is 2. The second-order valence-corrected chi connectivity index (χ2v) is 14.6. The van der Waals surface area contributed by atoms with Crippen LogP contribution in [0, 0.1) is 0 Å². The van der Waals surface area contributed by atoms with Crippen molar-refractivity contribution in [1.29, 1.82) is 0 Å². The molecule has 4 nitrogen and oxygen atoms in total. The summed E-state index contributed by atoms with van der Waals surface area (Å²) in [6.45, 7) is 0. The molecule has 0 spiro atoms. The summed E-state index contributed by atoms with van der Waals surface area (Å²) in [5.41, 5.74) is 11.3. The van der Waals surface area contributed by atoms with E-state index in [1.54, 1.807) is 0 Å². The minimum absolute atomic E-state index is 0.577. The number of fused-ring (bicyclic) bond motifs is 5. The Morgan fingerprint density at radius 1 is 0.351 bits per heavy atom. The van der Waals surface area contributed by atoms with Gasteiger partial charge in [0.1, 0.15) is 22.8 Å². The van der Waals surface area contributed by atoms with Crippen LogP contribution >= 0.6 is 0 Å². The molecular weight excluding hydrogens is 695 g/mol. The molecule has 0 amide bonds. The van der Waals surface area contributed by atoms with Gasteiger partial charge in [0, 0.05) is 27.5 Å². The number of hydrogen-bond acceptors (Lipinski definition) is 4. The van der Waals surface area contributed by atoms with E-state index in [2.05, 4.69) is 199 Å². The summed E-state index contributed by atoms with van der Waals surface area (Å²) in [7, 11) is 0. The number of nitrogens with one attached hydrogen (secondary N) is 1. The van der Waals surface area contributed by atoms with Crippen molar-refractivity contribution >= 4 is 55.2 Å². The van der Waals surface area contributed by atoms with Gasteiger partial charge in [-0.1, -0.05) is 152 Å². The van der Waals surface area contributed by atoms with Crippen LogP contribution < -0.4 is 5.32 Å². The van der Waals surface area contributed by atoms with E-state index in [0.29, 0.717) is 0 Å². The third-order valence-electron chi connectivity index (χ3n) is 11.0. The number of benzene rings is 9. The molecule has 10 aromatic rings. The molecule has 4 heteroatoms. The molecule has 0 aliphatic carbocycles. The molecule has 268 valence electrons. The molecule has 1 aliphatic heterocycles. The average Bonchev–Trinajstić information content (AvgIpc) is 3.65. The number of amidine groups is 2. The predicted molar refractivity (Wildman–Crippen MR) is 237 cm³/mol. The van der Waals surface area contributed by atoms with Crippen molar-refractivity contribution in [2.75, 3.05) is 0 Å². The largest absolute Gasteiger partial charge is 0.456 e. The first-order valence-corrected chi connectivity index (χ1v) is 19.3. The fourth-order valence-corrected chi connectivity index (χ4v) is 8.20. The first kappa shape index (κ1) is 32.8. The van der Waals surface area contributed by atoms with E-state index in [-0.39, 0.29) is 0 Å². The number of hydrogen-bond donors (Lipinski definition) is 1. The summed E-state index contributed by atoms with van der Waals surface area (Å²) in [5.74, 6) is 1.52. The molecule has 1 unspecified atom stereocenters. The zero-order valence-corrected chi connectivity index (χ0v) is 30.9. The Balaban J connectivity index is 1.17. The van der Waals surface area contributed by atoms with Crippen LogP contribution in [0.25, 0.3) is 76.9 Å². The molecule has 2 heterocycles. The summed E-state index contributed by atoms with van der Waals surface area (Å²) in [6, 6.07) is 70.6. The van der Waals surface area contributed by atoms with Gasteiger partial charge < -0.3 is 9.73 Å². The molecule has 1 aliphatic rings. The normalized spacial score (nSPS) is 14.1. The maximum absolute atomic E-state index is 6.78. The minimum Gasteiger partial charge on any atom is -0.456 e. The van der Waals surface area contributed by atoms with Crippen LogP contribution in [-0.2, 0) is 0 Å². The van der Waals surface area contributed by atoms with Gasteiger partial charge in [0.05, 0.1) is 0 Å². The summed E-state index contributed by atoms with van der Waals surface area (Å²) >= 11 is 0. The Kier molecular flexibility index (Phi) is 7.85. The zero-order valence-electron chi connectivity index (χ0n) is 30.9. The summed E-state index contributed by atoms with van der Waals surface area (Å²) in [6.07, 6.45) is -0.577. The summed E-state index contributed by atoms with van der Waals surface area (Å²) < 4.78 is 6.78. The standard InChI is InChI=1S/C53H35N3O/c1-4-14-34(15-5-1)42-27-43(35-16-6-2-7-17-35)29-45(28-42)52-54-51(37-19-8-3-9-20-37)55-53(56-52)47-31-44(41-25-24-36-18-10-11-21-38(36)26-41)33-49-50(47)46-30-39-22-12-13-23-40(39)32-48(46)57-49/h1-33,53H,(H,54,55,56). The summed E-state index contributed by atoms with van der Waals surface area (Å²) in [5, 5.41) is 10.4. The van der Waals surface area contributed by atoms with Crippen LogP contribution in [-0.4, -0.2) is 11.7 Å². The molecule has 0 saturated carbocycles. The van der Waals surface area contributed by atoms with Gasteiger partial charge in [0.25, 0.3) is 0 Å². The van der Waals surface area contributed by atoms with Gasteiger partial charge in [-0.25, -0.2) is 9.98 Å². The van der Waals surface area contributed by atoms with Crippen molar-refractivity contribution in [1.82, 2.24) is 5.32 Å². The highest BCUT2D eigenvalue weighted by molar-refractivity contribution is 6.17. The molecule has 1 atom stereocenters. The topological polar surface area (TPSA) is 49.9 Å². The van der Waals surface area contributed by atoms with Crippen LogP contribution in [0.5, 0.6) is 0 Å². The van der Waals surface area contributed by atoms with Crippen LogP contribution in [0.3, 0.4) is 0 Å². The van der Waals surface area contributed by atoms with Gasteiger partial charge in [-0.2, -0.15) is 0 Å². The highest BCUT2D eigenvalue weighted by Crippen LogP contribution is 2.42. The highest BCUT2D eigenvalue weighted by Gasteiger charge is 2.26. The molecule has 57 heavy (non-hydrogen) atoms. The molecule has 0 fully saturated rings. The van der Waals surface area contributed by atoms with Crippen molar-refractivity contribution in [3.8, 4) is 33.4 Å². The van der Waals surface area contributed by atoms with Gasteiger partial charge in [0.15, 0.2) is 6.17 Å². The molecule has 1 N–H and O–H groups in total. The maximum atomic E-state index is 6.78. The molecule has 0 bridgehead atoms. The smallest absolute Gasteiger partial charge is 0.170 e. The molecule has 11 rings (SSSR count). The highest BCUT2D eigenvalue weighted by atomic mass is 16.3. The van der Waals surface area contributed by atoms with E-state index in [9.17, 15) is 0 Å². The van der Waals surface area contributed by atoms with E-state index in [4.69, 9.17) is 14.4 Å². The van der Waals surface area contributed by atoms with Crippen LogP contribution in [0.4, 0.5) is 0 Å². The second kappa shape index (κ2) is 13.6. The SMILES string of the molecule is c1ccc(C2=NC(c3cc(-c4ccc5ccccc5c4)cc4oc5cc6ccccc6cc5c34)N=C(c3cc(-c4ccccc4)cc(-c4ccccc4)c3)N2)cc1. The van der Waals surface area contributed by atoms with E-state index >= 15 is 0 Å². The third kappa shape index (κ3) is 6.05. The van der Waals surface area contributed by atoms with Gasteiger partial charge >= 0.3 is 0 Å². The zero-order chi connectivity index (χ0) is 37.7. The molecule has 0 saturated heterocycles. The fraction of sp³-hybridized carbons (Fsp3) is 0.0189. The Morgan fingerprint density at radius 2 is 0.860 bits per heavy atom. The van der Waals surface area contributed by atoms with Crippen molar-refractivity contribution < 1.29 is 4.42 Å². The van der Waals surface area contributed by atoms with Crippen LogP contribution in [0.1, 0.15) is 22.9 Å². The Hall–Kier alpha value is -7.56. The molecule has 1 aromatic heterocycles. The quantitative estimate of drug-likeness (QED) is 0.185. The lowest BCUT2D eigenvalue weighted by molar-refractivity contribution is 0.668. The van der Waals surface area contributed by atoms with E-state index in [0.717, 1.165) is 94.5 Å². The lowest BCUT2D eigenvalue weighted by Crippen LogP contribution is -2.36. The molecule has 9 aromatic carbocycles. The van der Waals surface area contributed by atoms with Crippen molar-refractivity contribution in [2.45, 2.75) is 6.17 Å². The van der Waals surface area contributed by atoms with Crippen LogP contribution in [0.2, 0.25) is 0 Å². The van der Waals surface area contributed by atoms with Crippen molar-refractivity contribution in [3.05, 3.63) is 217 Å². The third-order valence-corrected chi connectivity index (χ3v) is 11.0. The predicted octanol–water partition coefficient (Wildman–Crippen LogP) is 13.4. The average molecular weight is 730 g/mol. The number of nitrogens with zero attached hydrogens (tertiary/aromatic N) is 2. The first-order chi connectivity index (χ1) is 28.2. The van der Waals surface area contributed by atoms with Crippen molar-refractivity contribution in [3.63, 3.8) is 0 Å². The first-order valence-electron chi connectivity index (χ1n) is 19.3. The van der Waals surface area contributed by atoms with Gasteiger partial charge in [-0.3, -0.25) is 0 Å². The Morgan fingerprint density at radius 3 is 1.51 bits per heavy atom. The summed E-state index contributed by atoms with van der Waals surface area (Å²) in [4.78, 5) is 10.9. The van der Waals surface area contributed by atoms with E-state index in [1.165, 1.54) is 10.8 Å². The second-order valence-electron chi connectivity index (χ2n) is 14.6.